The SMILES string of the molecule is Nc1cc(-c2ccn[nH]2)cs1. The fourth-order valence-electron chi connectivity index (χ4n) is 0.911. The van der Waals surface area contributed by atoms with Gasteiger partial charge in [-0.3, -0.25) is 5.10 Å². The number of nitrogens with two attached hydrogens (primary N) is 1. The summed E-state index contributed by atoms with van der Waals surface area (Å²) >= 11 is 1.53. The summed E-state index contributed by atoms with van der Waals surface area (Å²) in [5, 5.41) is 9.55. The van der Waals surface area contributed by atoms with E-state index in [4.69, 9.17) is 5.73 Å². The van der Waals surface area contributed by atoms with Gasteiger partial charge in [0.15, 0.2) is 0 Å². The second-order valence-electron chi connectivity index (χ2n) is 2.21. The van der Waals surface area contributed by atoms with E-state index < -0.39 is 0 Å². The lowest BCUT2D eigenvalue weighted by Gasteiger charge is -1.86. The van der Waals surface area contributed by atoms with Crippen LogP contribution in [0.4, 0.5) is 5.00 Å². The molecule has 3 nitrogen and oxygen atoms in total. The van der Waals surface area contributed by atoms with Crippen molar-refractivity contribution in [2.75, 3.05) is 5.73 Å². The zero-order valence-electron chi connectivity index (χ0n) is 5.74. The minimum Gasteiger partial charge on any atom is -0.391 e. The van der Waals surface area contributed by atoms with E-state index in [9.17, 15) is 0 Å². The summed E-state index contributed by atoms with van der Waals surface area (Å²) in [6, 6.07) is 3.85. The van der Waals surface area contributed by atoms with Crippen LogP contribution in [-0.4, -0.2) is 10.2 Å². The van der Waals surface area contributed by atoms with Gasteiger partial charge in [0.2, 0.25) is 0 Å². The Labute approximate surface area is 67.9 Å². The molecule has 0 bridgehead atoms. The van der Waals surface area contributed by atoms with Crippen LogP contribution in [0.1, 0.15) is 0 Å². The van der Waals surface area contributed by atoms with Crippen LogP contribution in [0.3, 0.4) is 0 Å². The van der Waals surface area contributed by atoms with E-state index in [0.29, 0.717) is 0 Å². The van der Waals surface area contributed by atoms with E-state index in [2.05, 4.69) is 10.2 Å². The van der Waals surface area contributed by atoms with Crippen LogP contribution in [0.25, 0.3) is 11.3 Å². The van der Waals surface area contributed by atoms with E-state index in [1.807, 2.05) is 17.5 Å². The van der Waals surface area contributed by atoms with Gasteiger partial charge < -0.3 is 5.73 Å². The molecular weight excluding hydrogens is 158 g/mol. The predicted octanol–water partition coefficient (Wildman–Crippen LogP) is 1.72. The van der Waals surface area contributed by atoms with Crippen LogP contribution >= 0.6 is 11.3 Å². The van der Waals surface area contributed by atoms with Crippen molar-refractivity contribution in [2.24, 2.45) is 0 Å². The fraction of sp³-hybridized carbons (Fsp3) is 0. The number of aromatic amines is 1. The van der Waals surface area contributed by atoms with E-state index >= 15 is 0 Å². The zero-order valence-corrected chi connectivity index (χ0v) is 6.56. The number of thiophene rings is 1. The summed E-state index contributed by atoms with van der Waals surface area (Å²) in [7, 11) is 0. The first-order chi connectivity index (χ1) is 5.36. The maximum Gasteiger partial charge on any atom is 0.0863 e. The van der Waals surface area contributed by atoms with E-state index in [-0.39, 0.29) is 0 Å². The summed E-state index contributed by atoms with van der Waals surface area (Å²) in [6.07, 6.45) is 1.73. The molecule has 3 N–H and O–H groups in total. The number of nitrogens with zero attached hydrogens (tertiary/aromatic N) is 1. The quantitative estimate of drug-likeness (QED) is 0.676. The topological polar surface area (TPSA) is 54.7 Å². The van der Waals surface area contributed by atoms with Crippen molar-refractivity contribution in [3.05, 3.63) is 23.7 Å². The van der Waals surface area contributed by atoms with Crippen LogP contribution in [-0.2, 0) is 0 Å². The Hall–Kier alpha value is -1.29. The van der Waals surface area contributed by atoms with E-state index in [1.54, 1.807) is 6.20 Å². The summed E-state index contributed by atoms with van der Waals surface area (Å²) < 4.78 is 0. The number of hydrogen-bond donors (Lipinski definition) is 2. The molecule has 0 aliphatic rings. The first kappa shape index (κ1) is 6.42. The maximum atomic E-state index is 5.57. The Morgan fingerprint density at radius 3 is 3.00 bits per heavy atom. The third kappa shape index (κ3) is 1.12. The van der Waals surface area contributed by atoms with Gasteiger partial charge >= 0.3 is 0 Å². The first-order valence-corrected chi connectivity index (χ1v) is 4.08. The number of aromatic nitrogens is 2. The van der Waals surface area contributed by atoms with Crippen molar-refractivity contribution in [1.82, 2.24) is 10.2 Å². The molecule has 0 fully saturated rings. The molecule has 0 atom stereocenters. The molecule has 0 aliphatic heterocycles. The average molecular weight is 165 g/mol. The van der Waals surface area contributed by atoms with Gasteiger partial charge in [-0.25, -0.2) is 0 Å². The van der Waals surface area contributed by atoms with Gasteiger partial charge in [-0.2, -0.15) is 5.10 Å². The van der Waals surface area contributed by atoms with Crippen LogP contribution in [0.5, 0.6) is 0 Å². The monoisotopic (exact) mass is 165 g/mol. The van der Waals surface area contributed by atoms with E-state index in [0.717, 1.165) is 16.3 Å². The van der Waals surface area contributed by atoms with Crippen molar-refractivity contribution in [2.45, 2.75) is 0 Å². The third-order valence-corrected chi connectivity index (χ3v) is 2.19. The Kier molecular flexibility index (Phi) is 1.40. The van der Waals surface area contributed by atoms with Gasteiger partial charge in [0.25, 0.3) is 0 Å². The number of nitrogens with one attached hydrogen (secondary N) is 1. The van der Waals surface area contributed by atoms with Crippen molar-refractivity contribution in [1.29, 1.82) is 0 Å². The number of H-pyrrole nitrogens is 1. The highest BCUT2D eigenvalue weighted by atomic mass is 32.1. The van der Waals surface area contributed by atoms with Crippen molar-refractivity contribution < 1.29 is 0 Å². The molecule has 2 aromatic rings. The van der Waals surface area contributed by atoms with Gasteiger partial charge in [-0.05, 0) is 12.1 Å². The molecule has 0 radical (unpaired) electrons. The first-order valence-electron chi connectivity index (χ1n) is 3.20. The highest BCUT2D eigenvalue weighted by Gasteiger charge is 1.99. The van der Waals surface area contributed by atoms with Gasteiger partial charge in [-0.1, -0.05) is 0 Å². The largest absolute Gasteiger partial charge is 0.391 e. The standard InChI is InChI=1S/C7H7N3S/c8-7-3-5(4-11-7)6-1-2-9-10-6/h1-4H,8H2,(H,9,10). The number of nitrogen functional groups attached to an aromatic ring is 1. The van der Waals surface area contributed by atoms with E-state index in [1.165, 1.54) is 11.3 Å². The van der Waals surface area contributed by atoms with Gasteiger partial charge in [0.1, 0.15) is 0 Å². The number of hydrogen-bond acceptors (Lipinski definition) is 3. The van der Waals surface area contributed by atoms with Crippen LogP contribution in [0.15, 0.2) is 23.7 Å². The Balaban J connectivity index is 2.45. The van der Waals surface area contributed by atoms with Crippen molar-refractivity contribution >= 4 is 16.3 Å². The minimum absolute atomic E-state index is 0.828. The fourth-order valence-corrected chi connectivity index (χ4v) is 1.56. The highest BCUT2D eigenvalue weighted by Crippen LogP contribution is 2.24. The summed E-state index contributed by atoms with van der Waals surface area (Å²) in [5.74, 6) is 0. The lowest BCUT2D eigenvalue weighted by atomic mass is 10.2. The predicted molar refractivity (Wildman–Crippen MR) is 46.3 cm³/mol. The van der Waals surface area contributed by atoms with Crippen LogP contribution in [0.2, 0.25) is 0 Å². The summed E-state index contributed by atoms with van der Waals surface area (Å²) in [5.41, 5.74) is 7.68. The van der Waals surface area contributed by atoms with Crippen molar-refractivity contribution in [3.63, 3.8) is 0 Å². The molecule has 11 heavy (non-hydrogen) atoms. The second-order valence-corrected chi connectivity index (χ2v) is 3.15. The molecule has 0 aromatic carbocycles. The normalized spacial score (nSPS) is 10.2. The van der Waals surface area contributed by atoms with Gasteiger partial charge in [0.05, 0.1) is 10.7 Å². The van der Waals surface area contributed by atoms with Gasteiger partial charge in [0, 0.05) is 17.1 Å². The molecule has 0 aliphatic carbocycles. The van der Waals surface area contributed by atoms with Crippen LogP contribution in [0, 0.1) is 0 Å². The summed E-state index contributed by atoms with van der Waals surface area (Å²) in [6.45, 7) is 0. The molecule has 2 rings (SSSR count). The molecule has 4 heteroatoms. The van der Waals surface area contributed by atoms with Gasteiger partial charge in [-0.15, -0.1) is 11.3 Å². The molecule has 0 amide bonds. The lowest BCUT2D eigenvalue weighted by Crippen LogP contribution is -1.75. The average Bonchev–Trinajstić information content (AvgIpc) is 2.55. The Morgan fingerprint density at radius 1 is 1.55 bits per heavy atom. The molecule has 0 spiro atoms. The highest BCUT2D eigenvalue weighted by molar-refractivity contribution is 7.14. The third-order valence-electron chi connectivity index (χ3n) is 1.43. The maximum absolute atomic E-state index is 5.57. The molecule has 2 heterocycles. The molecule has 2 aromatic heterocycles. The van der Waals surface area contributed by atoms with Crippen molar-refractivity contribution in [3.8, 4) is 11.3 Å². The minimum atomic E-state index is 0.828. The number of rotatable bonds is 1. The molecule has 56 valence electrons. The second kappa shape index (κ2) is 2.39. The smallest absolute Gasteiger partial charge is 0.0863 e. The molecule has 0 saturated heterocycles. The molecular formula is C7H7N3S. The summed E-state index contributed by atoms with van der Waals surface area (Å²) in [4.78, 5) is 0. The zero-order chi connectivity index (χ0) is 7.68. The van der Waals surface area contributed by atoms with Crippen LogP contribution < -0.4 is 5.73 Å². The Morgan fingerprint density at radius 2 is 2.45 bits per heavy atom. The lowest BCUT2D eigenvalue weighted by molar-refractivity contribution is 1.10. The molecule has 0 unspecified atom stereocenters. The number of anilines is 1. The Bertz CT molecular complexity index is 336. The molecule has 0 saturated carbocycles.